The zero-order valence-electron chi connectivity index (χ0n) is 26.4. The van der Waals surface area contributed by atoms with Crippen LogP contribution in [-0.4, -0.2) is 73.6 Å². The molecule has 0 saturated heterocycles. The number of hydrogen-bond acceptors (Lipinski definition) is 9. The number of methoxy groups -OCH3 is 2. The summed E-state index contributed by atoms with van der Waals surface area (Å²) in [4.78, 5) is 62.0. The van der Waals surface area contributed by atoms with Crippen molar-refractivity contribution < 1.29 is 33.4 Å². The number of halogens is 1. The van der Waals surface area contributed by atoms with Gasteiger partial charge in [-0.3, -0.25) is 4.79 Å². The number of rotatable bonds is 17. The maximum absolute atomic E-state index is 13.3. The van der Waals surface area contributed by atoms with Gasteiger partial charge in [-0.15, -0.1) is 0 Å². The number of nitrogens with two attached hydrogens (primary N) is 1. The topological polar surface area (TPSA) is 154 Å². The number of carbonyl (C=O) groups is 5. The summed E-state index contributed by atoms with van der Waals surface area (Å²) >= 11 is 5.32. The Morgan fingerprint density at radius 1 is 0.809 bits per heavy atom. The van der Waals surface area contributed by atoms with Crippen LogP contribution in [0.3, 0.4) is 0 Å². The fraction of sp³-hybridized carbons (Fsp3) is 0.324. The Morgan fingerprint density at radius 3 is 1.79 bits per heavy atom. The number of nitrogens with one attached hydrogen (secondary N) is 2. The molecule has 3 rings (SSSR count). The van der Waals surface area contributed by atoms with Crippen molar-refractivity contribution >= 4 is 77.3 Å². The van der Waals surface area contributed by atoms with Gasteiger partial charge in [0.25, 0.3) is 0 Å². The van der Waals surface area contributed by atoms with Gasteiger partial charge in [0.1, 0.15) is 0 Å². The van der Waals surface area contributed by atoms with Gasteiger partial charge < -0.3 is 10.5 Å². The average Bonchev–Trinajstić information content (AvgIpc) is 3.11. The van der Waals surface area contributed by atoms with Crippen LogP contribution in [0.15, 0.2) is 91.0 Å². The van der Waals surface area contributed by atoms with Crippen molar-refractivity contribution in [2.45, 2.75) is 37.8 Å². The summed E-state index contributed by atoms with van der Waals surface area (Å²) in [5.74, 6) is -2.57. The first-order valence-electron chi connectivity index (χ1n) is 15.1. The molecule has 47 heavy (non-hydrogen) atoms. The number of carbonyl (C=O) groups excluding carboxylic acids is 5. The van der Waals surface area contributed by atoms with Crippen LogP contribution in [0, 0.1) is 0 Å². The summed E-state index contributed by atoms with van der Waals surface area (Å²) in [7, 11) is 2.39. The van der Waals surface area contributed by atoms with Gasteiger partial charge in [-0.2, -0.15) is 0 Å². The van der Waals surface area contributed by atoms with E-state index in [4.69, 9.17) is 5.73 Å². The summed E-state index contributed by atoms with van der Waals surface area (Å²) in [6.45, 7) is -0.398. The van der Waals surface area contributed by atoms with Gasteiger partial charge in [0.2, 0.25) is 0 Å². The van der Waals surface area contributed by atoms with Crippen molar-refractivity contribution in [3.8, 4) is 0 Å². The molecule has 4 N–H and O–H groups in total. The van der Waals surface area contributed by atoms with Crippen molar-refractivity contribution in [2.24, 2.45) is 5.73 Å². The number of esters is 2. The van der Waals surface area contributed by atoms with E-state index in [-0.39, 0.29) is 30.1 Å². The molecule has 0 aliphatic rings. The zero-order chi connectivity index (χ0) is 34.3. The fourth-order valence-electron chi connectivity index (χ4n) is 5.18. The van der Waals surface area contributed by atoms with Crippen LogP contribution in [0.1, 0.15) is 25.7 Å². The van der Waals surface area contributed by atoms with Crippen molar-refractivity contribution in [2.75, 3.05) is 32.7 Å². The number of amides is 2. The molecule has 0 aliphatic carbocycles. The van der Waals surface area contributed by atoms with Crippen LogP contribution in [0.2, 0.25) is 0 Å². The van der Waals surface area contributed by atoms with E-state index >= 15 is 0 Å². The Labute approximate surface area is 287 Å². The van der Waals surface area contributed by atoms with E-state index in [1.807, 2.05) is 54.6 Å². The van der Waals surface area contributed by atoms with Crippen molar-refractivity contribution in [3.05, 3.63) is 91.0 Å². The van der Waals surface area contributed by atoms with E-state index in [9.17, 15) is 24.0 Å². The predicted octanol–water partition coefficient (Wildman–Crippen LogP) is 2.92. The molecule has 3 aromatic rings. The van der Waals surface area contributed by atoms with Crippen molar-refractivity contribution in [1.29, 1.82) is 0 Å². The minimum Gasteiger partial charge on any atom is -0.468 e. The molecule has 0 spiro atoms. The Hall–Kier alpha value is -3.57. The van der Waals surface area contributed by atoms with E-state index in [2.05, 4.69) is 72.0 Å². The monoisotopic (exact) mass is 745 g/mol. The summed E-state index contributed by atoms with van der Waals surface area (Å²) in [5, 5.41) is 5.10. The van der Waals surface area contributed by atoms with E-state index in [0.717, 1.165) is 27.7 Å². The van der Waals surface area contributed by atoms with E-state index in [1.165, 1.54) is 14.2 Å². The predicted molar refractivity (Wildman–Crippen MR) is 192 cm³/mol. The molecule has 0 fully saturated rings. The van der Waals surface area contributed by atoms with Gasteiger partial charge in [0.05, 0.1) is 14.2 Å². The molecule has 2 amide bonds. The quantitative estimate of drug-likeness (QED) is 0.140. The molecule has 0 bridgehead atoms. The molecule has 0 aromatic heterocycles. The number of thioether (sulfide) groups is 1. The van der Waals surface area contributed by atoms with Gasteiger partial charge in [-0.25, -0.2) is 0 Å². The summed E-state index contributed by atoms with van der Waals surface area (Å²) in [5.41, 5.74) is 5.72. The first kappa shape index (κ1) is 37.9. The van der Waals surface area contributed by atoms with Gasteiger partial charge >= 0.3 is 259 Å². The first-order valence-corrected chi connectivity index (χ1v) is 20.5. The molecule has 10 nitrogen and oxygen atoms in total. The molecule has 0 saturated carbocycles. The van der Waals surface area contributed by atoms with Crippen molar-refractivity contribution in [3.63, 3.8) is 0 Å². The standard InChI is InChI=1S/C34H41BrN3O7PS/c1-44-31(40)23-37-33(42)29(38-30(39)21-20-28(36)34(43)45-2)24-47-32(41)19-12-22-46(35,25-13-6-3-7-14-25,26-15-8-4-9-16-26)27-17-10-5-11-18-27/h3-11,13-18,28-29H,12,19-24,36H2,1-2H3,(H,37,42)(H,38,39)/t28-,29-/m0/s1. The second-order valence-corrected chi connectivity index (χ2v) is 20.9. The molecule has 0 aliphatic heterocycles. The van der Waals surface area contributed by atoms with E-state index in [1.54, 1.807) is 0 Å². The van der Waals surface area contributed by atoms with E-state index < -0.39 is 47.7 Å². The molecule has 0 unspecified atom stereocenters. The van der Waals surface area contributed by atoms with Crippen LogP contribution < -0.4 is 32.3 Å². The molecule has 252 valence electrons. The van der Waals surface area contributed by atoms with Crippen LogP contribution >= 0.6 is 32.6 Å². The molecule has 0 heterocycles. The summed E-state index contributed by atoms with van der Waals surface area (Å²) < 4.78 is 9.16. The third-order valence-electron chi connectivity index (χ3n) is 7.73. The maximum atomic E-state index is 13.3. The number of hydrogen-bond donors (Lipinski definition) is 3. The van der Waals surface area contributed by atoms with E-state index in [0.29, 0.717) is 12.6 Å². The zero-order valence-corrected chi connectivity index (χ0v) is 29.7. The smallest absolute Gasteiger partial charge is 0.468 e. The molecular weight excluding hydrogens is 705 g/mol. The Bertz CT molecular complexity index is 1420. The third kappa shape index (κ3) is 9.96. The van der Waals surface area contributed by atoms with Gasteiger partial charge in [0.15, 0.2) is 0 Å². The Balaban J connectivity index is 1.75. The second kappa shape index (κ2) is 18.1. The molecule has 3 aromatic carbocycles. The molecule has 0 radical (unpaired) electrons. The van der Waals surface area contributed by atoms with Crippen LogP contribution in [0.25, 0.3) is 0 Å². The van der Waals surface area contributed by atoms with Crippen LogP contribution in [0.4, 0.5) is 0 Å². The van der Waals surface area contributed by atoms with Gasteiger partial charge in [-0.1, -0.05) is 0 Å². The molecular formula is C34H41BrN3O7PS. The molecule has 13 heteroatoms. The Kier molecular flexibility index (Phi) is 14.6. The minimum absolute atomic E-state index is 0.00383. The Morgan fingerprint density at radius 2 is 1.32 bits per heavy atom. The summed E-state index contributed by atoms with van der Waals surface area (Å²) in [6, 6.07) is 28.7. The minimum atomic E-state index is -3.21. The summed E-state index contributed by atoms with van der Waals surface area (Å²) in [6.07, 6.45) is 1.29. The van der Waals surface area contributed by atoms with Gasteiger partial charge in [0, 0.05) is 0 Å². The van der Waals surface area contributed by atoms with Crippen LogP contribution in [0.5, 0.6) is 0 Å². The third-order valence-corrected chi connectivity index (χ3v) is 18.8. The fourth-order valence-corrected chi connectivity index (χ4v) is 13.7. The second-order valence-electron chi connectivity index (χ2n) is 10.8. The normalized spacial score (nSPS) is 13.2. The SMILES string of the molecule is COC(=O)CNC(=O)[C@H](CSC(=O)CCCP(Br)(c1ccccc1)(c1ccccc1)c1ccccc1)NC(=O)CC[C@H](N)C(=O)OC. The van der Waals surface area contributed by atoms with Crippen LogP contribution in [-0.2, 0) is 33.4 Å². The number of ether oxygens (including phenoxy) is 2. The average molecular weight is 747 g/mol. The first-order chi connectivity index (χ1) is 22.5. The number of benzene rings is 3. The van der Waals surface area contributed by atoms with Crippen molar-refractivity contribution in [1.82, 2.24) is 10.6 Å². The van der Waals surface area contributed by atoms with Gasteiger partial charge in [-0.05, 0) is 0 Å². The molecule has 2 atom stereocenters.